The molecule has 0 aliphatic heterocycles. The number of nitrogens with one attached hydrogen (secondary N) is 1. The van der Waals surface area contributed by atoms with E-state index in [1.54, 1.807) is 30.2 Å². The fraction of sp³-hybridized carbons (Fsp3) is 0.417. The number of carbonyl (C=O) groups is 2. The molecule has 5 nitrogen and oxygen atoms in total. The quantitative estimate of drug-likeness (QED) is 0.520. The van der Waals surface area contributed by atoms with E-state index in [2.05, 4.69) is 5.32 Å². The zero-order chi connectivity index (χ0) is 23.0. The molecule has 0 bridgehead atoms. The van der Waals surface area contributed by atoms with Gasteiger partial charge in [0.2, 0.25) is 11.8 Å². The van der Waals surface area contributed by atoms with Crippen molar-refractivity contribution in [3.8, 4) is 5.75 Å². The lowest BCUT2D eigenvalue weighted by Crippen LogP contribution is -2.51. The Morgan fingerprint density at radius 2 is 1.65 bits per heavy atom. The Bertz CT molecular complexity index is 867. The molecule has 31 heavy (non-hydrogen) atoms. The summed E-state index contributed by atoms with van der Waals surface area (Å²) in [4.78, 5) is 28.0. The van der Waals surface area contributed by atoms with Crippen molar-refractivity contribution in [2.75, 3.05) is 7.11 Å². The Kier molecular flexibility index (Phi) is 9.66. The first kappa shape index (κ1) is 25.0. The van der Waals surface area contributed by atoms with Crippen LogP contribution in [0.25, 0.3) is 0 Å². The second kappa shape index (κ2) is 12.0. The maximum absolute atomic E-state index is 13.4. The molecule has 0 unspecified atom stereocenters. The standard InChI is InChI=1S/C24H30Cl2N2O3/c1-5-16(3)27-24(30)22(6-2)28(15-17-10-12-18(31-4)13-11-17)23(29)14-19-20(25)8-7-9-21(19)26/h7-13,16,22H,5-6,14-15H2,1-4H3,(H,27,30)/t16-,22-/m1/s1. The number of amides is 2. The van der Waals surface area contributed by atoms with Gasteiger partial charge in [0, 0.05) is 22.6 Å². The van der Waals surface area contributed by atoms with Crippen molar-refractivity contribution >= 4 is 35.0 Å². The summed E-state index contributed by atoms with van der Waals surface area (Å²) in [6, 6.07) is 12.0. The highest BCUT2D eigenvalue weighted by Crippen LogP contribution is 2.26. The number of carbonyl (C=O) groups excluding carboxylic acids is 2. The van der Waals surface area contributed by atoms with Crippen LogP contribution in [0.15, 0.2) is 42.5 Å². The predicted molar refractivity (Wildman–Crippen MR) is 126 cm³/mol. The highest BCUT2D eigenvalue weighted by atomic mass is 35.5. The lowest BCUT2D eigenvalue weighted by Gasteiger charge is -2.31. The van der Waals surface area contributed by atoms with Crippen molar-refractivity contribution in [3.05, 3.63) is 63.6 Å². The monoisotopic (exact) mass is 464 g/mol. The minimum Gasteiger partial charge on any atom is -0.497 e. The normalized spacial score (nSPS) is 12.7. The van der Waals surface area contributed by atoms with Gasteiger partial charge in [0.05, 0.1) is 13.5 Å². The van der Waals surface area contributed by atoms with Crippen LogP contribution in [-0.4, -0.2) is 35.9 Å². The molecule has 0 aromatic heterocycles. The second-order valence-electron chi connectivity index (χ2n) is 7.49. The molecule has 2 rings (SSSR count). The molecule has 1 N–H and O–H groups in total. The molecule has 2 atom stereocenters. The molecule has 0 fully saturated rings. The molecule has 7 heteroatoms. The number of hydrogen-bond donors (Lipinski definition) is 1. The molecular formula is C24H30Cl2N2O3. The maximum atomic E-state index is 13.4. The summed E-state index contributed by atoms with van der Waals surface area (Å²) in [6.07, 6.45) is 1.31. The van der Waals surface area contributed by atoms with E-state index in [0.29, 0.717) is 22.0 Å². The van der Waals surface area contributed by atoms with E-state index < -0.39 is 6.04 Å². The van der Waals surface area contributed by atoms with Crippen LogP contribution < -0.4 is 10.1 Å². The first-order valence-electron chi connectivity index (χ1n) is 10.5. The van der Waals surface area contributed by atoms with Crippen LogP contribution >= 0.6 is 23.2 Å². The van der Waals surface area contributed by atoms with E-state index in [-0.39, 0.29) is 30.8 Å². The van der Waals surface area contributed by atoms with Gasteiger partial charge in [-0.3, -0.25) is 9.59 Å². The van der Waals surface area contributed by atoms with Gasteiger partial charge < -0.3 is 15.0 Å². The number of benzene rings is 2. The molecule has 2 amide bonds. The molecule has 0 radical (unpaired) electrons. The maximum Gasteiger partial charge on any atom is 0.243 e. The van der Waals surface area contributed by atoms with Gasteiger partial charge in [-0.1, -0.05) is 55.2 Å². The Morgan fingerprint density at radius 3 is 2.16 bits per heavy atom. The van der Waals surface area contributed by atoms with Gasteiger partial charge in [-0.05, 0) is 55.2 Å². The van der Waals surface area contributed by atoms with Crippen molar-refractivity contribution in [2.24, 2.45) is 0 Å². The second-order valence-corrected chi connectivity index (χ2v) is 8.30. The molecule has 0 aliphatic carbocycles. The van der Waals surface area contributed by atoms with Crippen LogP contribution in [0.5, 0.6) is 5.75 Å². The van der Waals surface area contributed by atoms with Crippen molar-refractivity contribution in [1.29, 1.82) is 0 Å². The SMILES string of the molecule is CC[C@@H](C)NC(=O)[C@@H](CC)N(Cc1ccc(OC)cc1)C(=O)Cc1c(Cl)cccc1Cl. The zero-order valence-electron chi connectivity index (χ0n) is 18.5. The summed E-state index contributed by atoms with van der Waals surface area (Å²) in [5.41, 5.74) is 1.46. The van der Waals surface area contributed by atoms with Gasteiger partial charge in [-0.15, -0.1) is 0 Å². The van der Waals surface area contributed by atoms with Gasteiger partial charge in [-0.25, -0.2) is 0 Å². The minimum absolute atomic E-state index is 0.0156. The van der Waals surface area contributed by atoms with Crippen molar-refractivity contribution in [1.82, 2.24) is 10.2 Å². The summed E-state index contributed by atoms with van der Waals surface area (Å²) in [5, 5.41) is 3.87. The van der Waals surface area contributed by atoms with Crippen LogP contribution in [0.1, 0.15) is 44.7 Å². The molecule has 2 aromatic rings. The zero-order valence-corrected chi connectivity index (χ0v) is 20.0. The Morgan fingerprint density at radius 1 is 1.03 bits per heavy atom. The topological polar surface area (TPSA) is 58.6 Å². The van der Waals surface area contributed by atoms with Gasteiger partial charge in [0.25, 0.3) is 0 Å². The van der Waals surface area contributed by atoms with Crippen LogP contribution in [-0.2, 0) is 22.6 Å². The first-order valence-corrected chi connectivity index (χ1v) is 11.2. The number of ether oxygens (including phenoxy) is 1. The van der Waals surface area contributed by atoms with Gasteiger partial charge in [0.15, 0.2) is 0 Å². The molecule has 2 aromatic carbocycles. The average molecular weight is 465 g/mol. The van der Waals surface area contributed by atoms with E-state index >= 15 is 0 Å². The number of methoxy groups -OCH3 is 1. The summed E-state index contributed by atoms with van der Waals surface area (Å²) in [5.74, 6) is 0.354. The van der Waals surface area contributed by atoms with E-state index in [0.717, 1.165) is 17.7 Å². The lowest BCUT2D eigenvalue weighted by molar-refractivity contribution is -0.141. The predicted octanol–water partition coefficient (Wildman–Crippen LogP) is 5.27. The van der Waals surface area contributed by atoms with Gasteiger partial charge in [-0.2, -0.15) is 0 Å². The highest BCUT2D eigenvalue weighted by molar-refractivity contribution is 6.36. The molecule has 0 saturated carbocycles. The van der Waals surface area contributed by atoms with Crippen LogP contribution in [0.2, 0.25) is 10.0 Å². The van der Waals surface area contributed by atoms with E-state index in [1.807, 2.05) is 45.0 Å². The van der Waals surface area contributed by atoms with Crippen LogP contribution in [0.4, 0.5) is 0 Å². The fourth-order valence-corrected chi connectivity index (χ4v) is 3.77. The largest absolute Gasteiger partial charge is 0.497 e. The van der Waals surface area contributed by atoms with Gasteiger partial charge >= 0.3 is 0 Å². The molecule has 0 heterocycles. The third-order valence-electron chi connectivity index (χ3n) is 5.29. The highest BCUT2D eigenvalue weighted by Gasteiger charge is 2.30. The van der Waals surface area contributed by atoms with Crippen molar-refractivity contribution in [3.63, 3.8) is 0 Å². The van der Waals surface area contributed by atoms with Crippen molar-refractivity contribution < 1.29 is 14.3 Å². The number of halogens is 2. The average Bonchev–Trinajstić information content (AvgIpc) is 2.76. The molecular weight excluding hydrogens is 435 g/mol. The summed E-state index contributed by atoms with van der Waals surface area (Å²) < 4.78 is 5.22. The summed E-state index contributed by atoms with van der Waals surface area (Å²) >= 11 is 12.6. The lowest BCUT2D eigenvalue weighted by atomic mass is 10.1. The molecule has 0 spiro atoms. The van der Waals surface area contributed by atoms with E-state index in [1.165, 1.54) is 0 Å². The third kappa shape index (κ3) is 6.88. The molecule has 168 valence electrons. The first-order chi connectivity index (χ1) is 14.8. The Labute approximate surface area is 194 Å². The summed E-state index contributed by atoms with van der Waals surface area (Å²) in [7, 11) is 1.60. The number of nitrogens with zero attached hydrogens (tertiary/aromatic N) is 1. The molecule has 0 saturated heterocycles. The van der Waals surface area contributed by atoms with Gasteiger partial charge in [0.1, 0.15) is 11.8 Å². The smallest absolute Gasteiger partial charge is 0.243 e. The van der Waals surface area contributed by atoms with Crippen molar-refractivity contribution in [2.45, 2.75) is 58.7 Å². The minimum atomic E-state index is -0.607. The van der Waals surface area contributed by atoms with E-state index in [9.17, 15) is 9.59 Å². The van der Waals surface area contributed by atoms with E-state index in [4.69, 9.17) is 27.9 Å². The Balaban J connectivity index is 2.34. The Hall–Kier alpha value is -2.24. The third-order valence-corrected chi connectivity index (χ3v) is 6.00. The molecule has 0 aliphatic rings. The fourth-order valence-electron chi connectivity index (χ4n) is 3.24. The number of rotatable bonds is 10. The van der Waals surface area contributed by atoms with Crippen LogP contribution in [0, 0.1) is 0 Å². The van der Waals surface area contributed by atoms with Crippen LogP contribution in [0.3, 0.4) is 0 Å². The number of hydrogen-bond acceptors (Lipinski definition) is 3. The summed E-state index contributed by atoms with van der Waals surface area (Å²) in [6.45, 7) is 6.14.